The number of aryl methyl sites for hydroxylation is 1. The average molecular weight is 388 g/mol. The summed E-state index contributed by atoms with van der Waals surface area (Å²) in [5.41, 5.74) is 3.57. The summed E-state index contributed by atoms with van der Waals surface area (Å²) in [5, 5.41) is 10.3. The highest BCUT2D eigenvalue weighted by molar-refractivity contribution is 9.10. The zero-order valence-corrected chi connectivity index (χ0v) is 15.2. The number of carbonyl (C=O) groups is 1. The Balaban J connectivity index is 0.00000242. The number of halogens is 2. The van der Waals surface area contributed by atoms with Gasteiger partial charge in [-0.2, -0.15) is 5.10 Å². The lowest BCUT2D eigenvalue weighted by Gasteiger charge is -2.07. The zero-order chi connectivity index (χ0) is 15.4. The van der Waals surface area contributed by atoms with Crippen molar-refractivity contribution in [3.05, 3.63) is 45.7 Å². The fourth-order valence-corrected chi connectivity index (χ4v) is 2.28. The van der Waals surface area contributed by atoms with Crippen LogP contribution in [0.3, 0.4) is 0 Å². The van der Waals surface area contributed by atoms with Gasteiger partial charge in [-0.05, 0) is 61.1 Å². The van der Waals surface area contributed by atoms with Crippen LogP contribution in [0.25, 0.3) is 5.69 Å². The van der Waals surface area contributed by atoms with Crippen LogP contribution in [0.1, 0.15) is 21.7 Å². The number of hydrogen-bond acceptors (Lipinski definition) is 3. The number of rotatable bonds is 5. The van der Waals surface area contributed by atoms with Crippen molar-refractivity contribution in [2.45, 2.75) is 13.8 Å². The minimum Gasteiger partial charge on any atom is -0.351 e. The van der Waals surface area contributed by atoms with Gasteiger partial charge in [0.1, 0.15) is 0 Å². The van der Waals surface area contributed by atoms with Crippen LogP contribution in [0.15, 0.2) is 28.7 Å². The van der Waals surface area contributed by atoms with E-state index in [9.17, 15) is 4.79 Å². The molecule has 7 heteroatoms. The van der Waals surface area contributed by atoms with Gasteiger partial charge in [0.15, 0.2) is 0 Å². The van der Waals surface area contributed by atoms with Crippen molar-refractivity contribution in [2.24, 2.45) is 0 Å². The SMILES string of the molecule is CNCCNC(=O)c1ccc(-n2nc(C)c(Br)c2C)cc1.Cl. The second-order valence-electron chi connectivity index (χ2n) is 4.80. The molecule has 1 amide bonds. The molecule has 1 heterocycles. The van der Waals surface area contributed by atoms with Crippen LogP contribution in [0.5, 0.6) is 0 Å². The standard InChI is InChI=1S/C15H19BrN4O.ClH/c1-10-14(16)11(2)20(19-10)13-6-4-12(5-7-13)15(21)18-9-8-17-3;/h4-7,17H,8-9H2,1-3H3,(H,18,21);1H. The number of aromatic nitrogens is 2. The van der Waals surface area contributed by atoms with Crippen LogP contribution in [-0.2, 0) is 0 Å². The van der Waals surface area contributed by atoms with E-state index in [2.05, 4.69) is 31.7 Å². The van der Waals surface area contributed by atoms with Crippen molar-refractivity contribution in [3.8, 4) is 5.69 Å². The number of benzene rings is 1. The maximum atomic E-state index is 11.9. The second kappa shape index (κ2) is 8.31. The maximum Gasteiger partial charge on any atom is 0.251 e. The summed E-state index contributed by atoms with van der Waals surface area (Å²) < 4.78 is 2.87. The summed E-state index contributed by atoms with van der Waals surface area (Å²) in [4.78, 5) is 11.9. The van der Waals surface area contributed by atoms with E-state index in [1.807, 2.05) is 49.8 Å². The molecule has 0 saturated carbocycles. The molecule has 1 aromatic carbocycles. The molecule has 0 radical (unpaired) electrons. The van der Waals surface area contributed by atoms with Crippen LogP contribution >= 0.6 is 28.3 Å². The Morgan fingerprint density at radius 2 is 1.86 bits per heavy atom. The normalized spacial score (nSPS) is 10.2. The van der Waals surface area contributed by atoms with Crippen LogP contribution < -0.4 is 10.6 Å². The van der Waals surface area contributed by atoms with E-state index in [1.165, 1.54) is 0 Å². The summed E-state index contributed by atoms with van der Waals surface area (Å²) in [7, 11) is 1.85. The van der Waals surface area contributed by atoms with Gasteiger partial charge in [0.2, 0.25) is 0 Å². The molecule has 0 bridgehead atoms. The Labute approximate surface area is 145 Å². The third-order valence-electron chi connectivity index (χ3n) is 3.24. The average Bonchev–Trinajstić information content (AvgIpc) is 2.75. The van der Waals surface area contributed by atoms with Crippen LogP contribution in [-0.4, -0.2) is 35.8 Å². The van der Waals surface area contributed by atoms with E-state index in [-0.39, 0.29) is 18.3 Å². The third kappa shape index (κ3) is 4.09. The number of nitrogens with one attached hydrogen (secondary N) is 2. The fraction of sp³-hybridized carbons (Fsp3) is 0.333. The lowest BCUT2D eigenvalue weighted by molar-refractivity contribution is 0.0954. The smallest absolute Gasteiger partial charge is 0.251 e. The van der Waals surface area contributed by atoms with Gasteiger partial charge in [-0.1, -0.05) is 0 Å². The van der Waals surface area contributed by atoms with E-state index < -0.39 is 0 Å². The van der Waals surface area contributed by atoms with Crippen molar-refractivity contribution in [2.75, 3.05) is 20.1 Å². The predicted octanol–water partition coefficient (Wildman–Crippen LogP) is 2.62. The lowest BCUT2D eigenvalue weighted by Crippen LogP contribution is -2.30. The summed E-state index contributed by atoms with van der Waals surface area (Å²) in [6.45, 7) is 5.32. The number of likely N-dealkylation sites (N-methyl/N-ethyl adjacent to an activating group) is 1. The van der Waals surface area contributed by atoms with Crippen LogP contribution in [0.2, 0.25) is 0 Å². The summed E-state index contributed by atoms with van der Waals surface area (Å²) in [5.74, 6) is -0.0636. The lowest BCUT2D eigenvalue weighted by atomic mass is 10.2. The minimum absolute atomic E-state index is 0. The molecule has 1 aromatic heterocycles. The molecule has 0 unspecified atom stereocenters. The van der Waals surface area contributed by atoms with Crippen molar-refractivity contribution in [1.29, 1.82) is 0 Å². The number of hydrogen-bond donors (Lipinski definition) is 2. The van der Waals surface area contributed by atoms with Gasteiger partial charge in [-0.3, -0.25) is 4.79 Å². The fourth-order valence-electron chi connectivity index (χ4n) is 2.03. The molecular formula is C15H20BrClN4O. The maximum absolute atomic E-state index is 11.9. The first-order valence-electron chi connectivity index (χ1n) is 6.79. The van der Waals surface area contributed by atoms with Gasteiger partial charge in [-0.15, -0.1) is 12.4 Å². The topological polar surface area (TPSA) is 58.9 Å². The molecular weight excluding hydrogens is 368 g/mol. The molecule has 0 saturated heterocycles. The molecule has 2 N–H and O–H groups in total. The highest BCUT2D eigenvalue weighted by Crippen LogP contribution is 2.23. The summed E-state index contributed by atoms with van der Waals surface area (Å²) in [6.07, 6.45) is 0. The van der Waals surface area contributed by atoms with Gasteiger partial charge < -0.3 is 10.6 Å². The molecule has 0 aliphatic carbocycles. The van der Waals surface area contributed by atoms with Crippen molar-refractivity contribution in [3.63, 3.8) is 0 Å². The van der Waals surface area contributed by atoms with E-state index in [0.717, 1.165) is 28.1 Å². The molecule has 22 heavy (non-hydrogen) atoms. The first-order chi connectivity index (χ1) is 10.0. The number of amides is 1. The molecule has 2 aromatic rings. The largest absolute Gasteiger partial charge is 0.351 e. The Morgan fingerprint density at radius 1 is 1.23 bits per heavy atom. The van der Waals surface area contributed by atoms with E-state index in [1.54, 1.807) is 0 Å². The Bertz CT molecular complexity index is 640. The monoisotopic (exact) mass is 386 g/mol. The van der Waals surface area contributed by atoms with Crippen molar-refractivity contribution in [1.82, 2.24) is 20.4 Å². The van der Waals surface area contributed by atoms with Gasteiger partial charge >= 0.3 is 0 Å². The van der Waals surface area contributed by atoms with Gasteiger partial charge in [0, 0.05) is 18.7 Å². The van der Waals surface area contributed by atoms with E-state index in [4.69, 9.17) is 0 Å². The molecule has 0 aliphatic heterocycles. The Kier molecular flexibility index (Phi) is 7.06. The number of carbonyl (C=O) groups excluding carboxylic acids is 1. The van der Waals surface area contributed by atoms with Gasteiger partial charge in [0.25, 0.3) is 5.91 Å². The number of nitrogens with zero attached hydrogens (tertiary/aromatic N) is 2. The molecule has 120 valence electrons. The predicted molar refractivity (Wildman–Crippen MR) is 94.2 cm³/mol. The highest BCUT2D eigenvalue weighted by atomic mass is 79.9. The molecule has 0 atom stereocenters. The molecule has 2 rings (SSSR count). The Hall–Kier alpha value is -1.37. The molecule has 0 fully saturated rings. The first-order valence-corrected chi connectivity index (χ1v) is 7.59. The van der Waals surface area contributed by atoms with Crippen molar-refractivity contribution >= 4 is 34.2 Å². The highest BCUT2D eigenvalue weighted by Gasteiger charge is 2.11. The second-order valence-corrected chi connectivity index (χ2v) is 5.60. The minimum atomic E-state index is -0.0636. The van der Waals surface area contributed by atoms with Gasteiger partial charge in [-0.25, -0.2) is 4.68 Å². The summed E-state index contributed by atoms with van der Waals surface area (Å²) in [6, 6.07) is 7.43. The molecule has 0 spiro atoms. The first kappa shape index (κ1) is 18.7. The Morgan fingerprint density at radius 3 is 2.36 bits per heavy atom. The quantitative estimate of drug-likeness (QED) is 0.775. The summed E-state index contributed by atoms with van der Waals surface area (Å²) >= 11 is 3.52. The van der Waals surface area contributed by atoms with Gasteiger partial charge in [0.05, 0.1) is 21.5 Å². The third-order valence-corrected chi connectivity index (χ3v) is 4.39. The van der Waals surface area contributed by atoms with Crippen molar-refractivity contribution < 1.29 is 4.79 Å². The van der Waals surface area contributed by atoms with Crippen LogP contribution in [0.4, 0.5) is 0 Å². The van der Waals surface area contributed by atoms with Crippen LogP contribution in [0, 0.1) is 13.8 Å². The van der Waals surface area contributed by atoms with E-state index in [0.29, 0.717) is 12.1 Å². The molecule has 0 aliphatic rings. The molecule has 5 nitrogen and oxygen atoms in total. The van der Waals surface area contributed by atoms with E-state index >= 15 is 0 Å². The zero-order valence-electron chi connectivity index (χ0n) is 12.8.